The fraction of sp³-hybridized carbons (Fsp3) is 0.333. The van der Waals surface area contributed by atoms with E-state index in [1.165, 1.54) is 19.2 Å². The zero-order valence-corrected chi connectivity index (χ0v) is 12.6. The molecule has 0 spiro atoms. The van der Waals surface area contributed by atoms with Crippen LogP contribution >= 0.6 is 0 Å². The molecular formula is C15H17N3O4. The lowest BCUT2D eigenvalue weighted by atomic mass is 10.1. The number of non-ortho nitro benzene ring substituents is 1. The predicted molar refractivity (Wildman–Crippen MR) is 82.9 cm³/mol. The standard InChI is InChI=1S/C15H17N3O4/c1-9-6-14(17-15(19)7-10(2)22-3)12-8-11(18(20)21)4-5-13(12)16-9/h4-6,8,10H,7H2,1-3H3,(H,16,17,19). The van der Waals surface area contributed by atoms with Gasteiger partial charge in [0.25, 0.3) is 5.69 Å². The van der Waals surface area contributed by atoms with Crippen molar-refractivity contribution in [3.05, 3.63) is 40.1 Å². The van der Waals surface area contributed by atoms with E-state index in [4.69, 9.17) is 4.74 Å². The van der Waals surface area contributed by atoms with E-state index in [9.17, 15) is 14.9 Å². The van der Waals surface area contributed by atoms with E-state index in [1.807, 2.05) is 0 Å². The molecule has 0 aliphatic carbocycles. The summed E-state index contributed by atoms with van der Waals surface area (Å²) in [6.45, 7) is 3.59. The molecule has 7 heteroatoms. The molecule has 0 aliphatic rings. The average molecular weight is 303 g/mol. The number of nitro groups is 1. The number of nitrogens with zero attached hydrogens (tertiary/aromatic N) is 2. The van der Waals surface area contributed by atoms with Crippen LogP contribution in [0, 0.1) is 17.0 Å². The number of aryl methyl sites for hydroxylation is 1. The number of rotatable bonds is 5. The van der Waals surface area contributed by atoms with Gasteiger partial charge in [0, 0.05) is 30.3 Å². The monoisotopic (exact) mass is 303 g/mol. The minimum Gasteiger partial charge on any atom is -0.381 e. The van der Waals surface area contributed by atoms with E-state index in [2.05, 4.69) is 10.3 Å². The second-order valence-corrected chi connectivity index (χ2v) is 5.07. The number of ether oxygens (including phenoxy) is 1. The SMILES string of the molecule is COC(C)CC(=O)Nc1cc(C)nc2ccc([N+](=O)[O-])cc12. The van der Waals surface area contributed by atoms with E-state index >= 15 is 0 Å². The van der Waals surface area contributed by atoms with Crippen LogP contribution in [0.25, 0.3) is 10.9 Å². The van der Waals surface area contributed by atoms with Gasteiger partial charge in [0.05, 0.1) is 28.7 Å². The van der Waals surface area contributed by atoms with E-state index in [0.29, 0.717) is 16.6 Å². The van der Waals surface area contributed by atoms with Crippen molar-refractivity contribution < 1.29 is 14.5 Å². The van der Waals surface area contributed by atoms with Crippen LogP contribution in [0.15, 0.2) is 24.3 Å². The Bertz CT molecular complexity index is 730. The van der Waals surface area contributed by atoms with Gasteiger partial charge < -0.3 is 10.1 Å². The second kappa shape index (κ2) is 6.48. The van der Waals surface area contributed by atoms with Crippen molar-refractivity contribution in [2.45, 2.75) is 26.4 Å². The van der Waals surface area contributed by atoms with Crippen molar-refractivity contribution >= 4 is 28.2 Å². The highest BCUT2D eigenvalue weighted by molar-refractivity contribution is 6.01. The molecule has 1 heterocycles. The summed E-state index contributed by atoms with van der Waals surface area (Å²) in [5.74, 6) is -0.215. The van der Waals surface area contributed by atoms with Crippen LogP contribution < -0.4 is 5.32 Å². The molecule has 1 unspecified atom stereocenters. The number of hydrogen-bond acceptors (Lipinski definition) is 5. The fourth-order valence-corrected chi connectivity index (χ4v) is 2.11. The van der Waals surface area contributed by atoms with Crippen molar-refractivity contribution in [1.82, 2.24) is 4.98 Å². The third-order valence-corrected chi connectivity index (χ3v) is 3.28. The van der Waals surface area contributed by atoms with Crippen LogP contribution in [0.5, 0.6) is 0 Å². The third-order valence-electron chi connectivity index (χ3n) is 3.28. The van der Waals surface area contributed by atoms with Gasteiger partial charge in [-0.2, -0.15) is 0 Å². The van der Waals surface area contributed by atoms with Crippen molar-refractivity contribution in [3.63, 3.8) is 0 Å². The minimum absolute atomic E-state index is 0.0427. The largest absolute Gasteiger partial charge is 0.381 e. The number of nitrogens with one attached hydrogen (secondary N) is 1. The van der Waals surface area contributed by atoms with Crippen LogP contribution in [-0.4, -0.2) is 29.0 Å². The van der Waals surface area contributed by atoms with Crippen LogP contribution in [0.1, 0.15) is 19.0 Å². The number of methoxy groups -OCH3 is 1. The molecule has 0 fully saturated rings. The molecule has 22 heavy (non-hydrogen) atoms. The lowest BCUT2D eigenvalue weighted by Crippen LogP contribution is -2.19. The summed E-state index contributed by atoms with van der Waals surface area (Å²) in [7, 11) is 1.54. The summed E-state index contributed by atoms with van der Waals surface area (Å²) in [5.41, 5.74) is 1.79. The molecule has 2 rings (SSSR count). The summed E-state index contributed by atoms with van der Waals surface area (Å²) in [6.07, 6.45) is -0.00239. The zero-order valence-electron chi connectivity index (χ0n) is 12.6. The average Bonchev–Trinajstić information content (AvgIpc) is 2.46. The molecule has 0 radical (unpaired) electrons. The Balaban J connectivity index is 2.40. The zero-order chi connectivity index (χ0) is 16.3. The van der Waals surface area contributed by atoms with Gasteiger partial charge in [-0.05, 0) is 26.0 Å². The Morgan fingerprint density at radius 3 is 2.82 bits per heavy atom. The first-order valence-electron chi connectivity index (χ1n) is 6.79. The summed E-state index contributed by atoms with van der Waals surface area (Å²) in [5, 5.41) is 14.2. The number of fused-ring (bicyclic) bond motifs is 1. The molecule has 116 valence electrons. The number of carbonyl (C=O) groups excluding carboxylic acids is 1. The predicted octanol–water partition coefficient (Wildman–Crippen LogP) is 2.81. The smallest absolute Gasteiger partial charge is 0.270 e. The van der Waals surface area contributed by atoms with Gasteiger partial charge in [-0.3, -0.25) is 19.9 Å². The molecule has 7 nitrogen and oxygen atoms in total. The Labute approximate surface area is 127 Å². The van der Waals surface area contributed by atoms with Crippen LogP contribution in [0.2, 0.25) is 0 Å². The van der Waals surface area contributed by atoms with Gasteiger partial charge in [0.1, 0.15) is 0 Å². The molecule has 0 saturated carbocycles. The number of anilines is 1. The number of nitro benzene ring substituents is 1. The maximum absolute atomic E-state index is 12.0. The van der Waals surface area contributed by atoms with Crippen LogP contribution in [0.3, 0.4) is 0 Å². The summed E-state index contributed by atoms with van der Waals surface area (Å²) >= 11 is 0. The summed E-state index contributed by atoms with van der Waals surface area (Å²) in [6, 6.07) is 6.08. The van der Waals surface area contributed by atoms with Gasteiger partial charge in [-0.1, -0.05) is 0 Å². The fourth-order valence-electron chi connectivity index (χ4n) is 2.11. The number of hydrogen-bond donors (Lipinski definition) is 1. The second-order valence-electron chi connectivity index (χ2n) is 5.07. The first-order chi connectivity index (χ1) is 10.4. The molecular weight excluding hydrogens is 286 g/mol. The number of aromatic nitrogens is 1. The first kappa shape index (κ1) is 15.8. The molecule has 1 N–H and O–H groups in total. The molecule has 1 amide bonds. The Morgan fingerprint density at radius 2 is 2.18 bits per heavy atom. The van der Waals surface area contributed by atoms with Crippen molar-refractivity contribution in [2.75, 3.05) is 12.4 Å². The first-order valence-corrected chi connectivity index (χ1v) is 6.79. The summed E-state index contributed by atoms with van der Waals surface area (Å²) in [4.78, 5) is 26.8. The topological polar surface area (TPSA) is 94.4 Å². The Morgan fingerprint density at radius 1 is 1.45 bits per heavy atom. The van der Waals surface area contributed by atoms with E-state index in [0.717, 1.165) is 5.69 Å². The van der Waals surface area contributed by atoms with Gasteiger partial charge in [-0.15, -0.1) is 0 Å². The lowest BCUT2D eigenvalue weighted by Gasteiger charge is -2.12. The van der Waals surface area contributed by atoms with Crippen LogP contribution in [-0.2, 0) is 9.53 Å². The highest BCUT2D eigenvalue weighted by Gasteiger charge is 2.14. The Kier molecular flexibility index (Phi) is 4.67. The van der Waals surface area contributed by atoms with E-state index in [1.54, 1.807) is 26.0 Å². The van der Waals surface area contributed by atoms with E-state index < -0.39 is 4.92 Å². The third kappa shape index (κ3) is 3.56. The normalized spacial score (nSPS) is 12.1. The van der Waals surface area contributed by atoms with Gasteiger partial charge in [-0.25, -0.2) is 0 Å². The van der Waals surface area contributed by atoms with Crippen molar-refractivity contribution in [2.24, 2.45) is 0 Å². The molecule has 0 bridgehead atoms. The number of amides is 1. The lowest BCUT2D eigenvalue weighted by molar-refractivity contribution is -0.384. The maximum Gasteiger partial charge on any atom is 0.270 e. The number of carbonyl (C=O) groups is 1. The molecule has 1 aromatic carbocycles. The number of benzene rings is 1. The minimum atomic E-state index is -0.474. The summed E-state index contributed by atoms with van der Waals surface area (Å²) < 4.78 is 5.06. The van der Waals surface area contributed by atoms with Crippen molar-refractivity contribution in [1.29, 1.82) is 0 Å². The number of pyridine rings is 1. The maximum atomic E-state index is 12.0. The molecule has 0 saturated heterocycles. The Hall–Kier alpha value is -2.54. The van der Waals surface area contributed by atoms with Gasteiger partial charge in [0.15, 0.2) is 0 Å². The quantitative estimate of drug-likeness (QED) is 0.677. The molecule has 2 aromatic rings. The highest BCUT2D eigenvalue weighted by Crippen LogP contribution is 2.27. The molecule has 1 atom stereocenters. The molecule has 1 aromatic heterocycles. The van der Waals surface area contributed by atoms with Crippen molar-refractivity contribution in [3.8, 4) is 0 Å². The molecule has 0 aliphatic heterocycles. The highest BCUT2D eigenvalue weighted by atomic mass is 16.6. The van der Waals surface area contributed by atoms with Gasteiger partial charge in [0.2, 0.25) is 5.91 Å². The van der Waals surface area contributed by atoms with Crippen LogP contribution in [0.4, 0.5) is 11.4 Å². The van der Waals surface area contributed by atoms with Gasteiger partial charge >= 0.3 is 0 Å². The van der Waals surface area contributed by atoms with E-state index in [-0.39, 0.29) is 24.1 Å².